The van der Waals surface area contributed by atoms with Crippen molar-refractivity contribution in [3.63, 3.8) is 0 Å². The summed E-state index contributed by atoms with van der Waals surface area (Å²) >= 11 is 1.84. The topological polar surface area (TPSA) is 57.7 Å². The first kappa shape index (κ1) is 18.7. The maximum Gasteiger partial charge on any atom is 0.253 e. The molecule has 138 valence electrons. The normalized spacial score (nSPS) is 25.8. The summed E-state index contributed by atoms with van der Waals surface area (Å²) in [4.78, 5) is 14.7. The predicted octanol–water partition coefficient (Wildman–Crippen LogP) is 2.54. The van der Waals surface area contributed by atoms with Crippen molar-refractivity contribution >= 4 is 27.7 Å². The third kappa shape index (κ3) is 4.20. The molecule has 0 spiro atoms. The lowest BCUT2D eigenvalue weighted by Crippen LogP contribution is -2.42. The van der Waals surface area contributed by atoms with E-state index in [4.69, 9.17) is 0 Å². The van der Waals surface area contributed by atoms with Gasteiger partial charge in [0.25, 0.3) is 5.91 Å². The van der Waals surface area contributed by atoms with Gasteiger partial charge in [0.2, 0.25) is 10.0 Å². The summed E-state index contributed by atoms with van der Waals surface area (Å²) in [6.07, 6.45) is 1.05. The lowest BCUT2D eigenvalue weighted by molar-refractivity contribution is 0.0772. The smallest absolute Gasteiger partial charge is 0.253 e. The Labute approximate surface area is 154 Å². The zero-order valence-electron chi connectivity index (χ0n) is 14.8. The number of nitrogens with zero attached hydrogens (tertiary/aromatic N) is 2. The highest BCUT2D eigenvalue weighted by Gasteiger charge is 2.32. The van der Waals surface area contributed by atoms with Gasteiger partial charge in [-0.2, -0.15) is 16.1 Å². The number of thioether (sulfide) groups is 1. The van der Waals surface area contributed by atoms with E-state index in [9.17, 15) is 13.2 Å². The van der Waals surface area contributed by atoms with Gasteiger partial charge in [-0.3, -0.25) is 4.79 Å². The number of sulfonamides is 1. The molecule has 2 atom stereocenters. The van der Waals surface area contributed by atoms with Crippen molar-refractivity contribution in [1.29, 1.82) is 0 Å². The highest BCUT2D eigenvalue weighted by Crippen LogP contribution is 2.27. The van der Waals surface area contributed by atoms with Crippen LogP contribution in [0.15, 0.2) is 29.2 Å². The Kier molecular flexibility index (Phi) is 5.75. The third-order valence-corrected chi connectivity index (χ3v) is 7.62. The lowest BCUT2D eigenvalue weighted by Gasteiger charge is -2.34. The van der Waals surface area contributed by atoms with Crippen LogP contribution in [-0.4, -0.2) is 61.2 Å². The monoisotopic (exact) mass is 382 g/mol. The van der Waals surface area contributed by atoms with Gasteiger partial charge in [0.15, 0.2) is 0 Å². The second-order valence-corrected chi connectivity index (χ2v) is 10.4. The first-order valence-corrected chi connectivity index (χ1v) is 11.4. The van der Waals surface area contributed by atoms with Crippen LogP contribution >= 0.6 is 11.8 Å². The van der Waals surface area contributed by atoms with Gasteiger partial charge in [-0.1, -0.05) is 19.9 Å². The molecule has 3 rings (SSSR count). The fraction of sp³-hybridized carbons (Fsp3) is 0.611. The van der Waals surface area contributed by atoms with E-state index in [1.165, 1.54) is 0 Å². The molecular weight excluding hydrogens is 356 g/mol. The summed E-state index contributed by atoms with van der Waals surface area (Å²) in [6.45, 7) is 6.73. The van der Waals surface area contributed by atoms with E-state index in [1.807, 2.05) is 16.7 Å². The molecule has 2 fully saturated rings. The van der Waals surface area contributed by atoms with Crippen LogP contribution in [0, 0.1) is 11.8 Å². The number of amides is 1. The van der Waals surface area contributed by atoms with Crippen molar-refractivity contribution in [2.45, 2.75) is 25.2 Å². The molecule has 5 nitrogen and oxygen atoms in total. The summed E-state index contributed by atoms with van der Waals surface area (Å²) in [5.41, 5.74) is 0.464. The Morgan fingerprint density at radius 3 is 2.40 bits per heavy atom. The van der Waals surface area contributed by atoms with E-state index >= 15 is 0 Å². The molecule has 1 aromatic rings. The van der Waals surface area contributed by atoms with Gasteiger partial charge in [0, 0.05) is 43.2 Å². The SMILES string of the molecule is CC1CC(C)CN(S(=O)(=O)c2cccc(C(=O)N3CCSCC3)c2)C1. The number of benzene rings is 1. The highest BCUT2D eigenvalue weighted by atomic mass is 32.2. The largest absolute Gasteiger partial charge is 0.337 e. The van der Waals surface area contributed by atoms with Crippen LogP contribution in [0.5, 0.6) is 0 Å². The number of hydrogen-bond acceptors (Lipinski definition) is 4. The van der Waals surface area contributed by atoms with Gasteiger partial charge in [0.1, 0.15) is 0 Å². The van der Waals surface area contributed by atoms with Crippen molar-refractivity contribution in [3.8, 4) is 0 Å². The predicted molar refractivity (Wildman–Crippen MR) is 101 cm³/mol. The van der Waals surface area contributed by atoms with Crippen molar-refractivity contribution in [1.82, 2.24) is 9.21 Å². The molecule has 7 heteroatoms. The molecule has 2 aliphatic rings. The molecule has 0 radical (unpaired) electrons. The molecule has 2 unspecified atom stereocenters. The van der Waals surface area contributed by atoms with E-state index in [2.05, 4.69) is 13.8 Å². The molecule has 0 aromatic heterocycles. The standard InChI is InChI=1S/C18H26N2O3S2/c1-14-10-15(2)13-20(12-14)25(22,23)17-5-3-4-16(11-17)18(21)19-6-8-24-9-7-19/h3-5,11,14-15H,6-10,12-13H2,1-2H3. The molecule has 1 aromatic carbocycles. The molecule has 1 amide bonds. The first-order valence-electron chi connectivity index (χ1n) is 8.85. The quantitative estimate of drug-likeness (QED) is 0.806. The third-order valence-electron chi connectivity index (χ3n) is 4.85. The van der Waals surface area contributed by atoms with Gasteiger partial charge in [-0.15, -0.1) is 0 Å². The highest BCUT2D eigenvalue weighted by molar-refractivity contribution is 7.99. The van der Waals surface area contributed by atoms with Gasteiger partial charge in [-0.25, -0.2) is 8.42 Å². The number of rotatable bonds is 3. The van der Waals surface area contributed by atoms with Crippen molar-refractivity contribution in [2.24, 2.45) is 11.8 Å². The van der Waals surface area contributed by atoms with Crippen LogP contribution in [0.3, 0.4) is 0 Å². The van der Waals surface area contributed by atoms with E-state index in [1.54, 1.807) is 28.6 Å². The molecule has 0 saturated carbocycles. The Balaban J connectivity index is 1.83. The second-order valence-electron chi connectivity index (χ2n) is 7.20. The minimum Gasteiger partial charge on any atom is -0.337 e. The van der Waals surface area contributed by atoms with Crippen LogP contribution in [-0.2, 0) is 10.0 Å². The minimum atomic E-state index is -3.56. The van der Waals surface area contributed by atoms with Crippen LogP contribution in [0.4, 0.5) is 0 Å². The zero-order valence-corrected chi connectivity index (χ0v) is 16.5. The van der Waals surface area contributed by atoms with Crippen LogP contribution in [0.25, 0.3) is 0 Å². The Morgan fingerprint density at radius 2 is 1.76 bits per heavy atom. The van der Waals surface area contributed by atoms with E-state index in [-0.39, 0.29) is 10.8 Å². The van der Waals surface area contributed by atoms with Crippen molar-refractivity contribution < 1.29 is 13.2 Å². The molecule has 2 aliphatic heterocycles. The van der Waals surface area contributed by atoms with Crippen LogP contribution in [0.2, 0.25) is 0 Å². The molecule has 0 bridgehead atoms. The number of piperidine rings is 1. The molecular formula is C18H26N2O3S2. The van der Waals surface area contributed by atoms with Crippen molar-refractivity contribution in [2.75, 3.05) is 37.7 Å². The fourth-order valence-corrected chi connectivity index (χ4v) is 6.32. The van der Waals surface area contributed by atoms with E-state index in [0.717, 1.165) is 31.0 Å². The first-order chi connectivity index (χ1) is 11.9. The number of carbonyl (C=O) groups is 1. The Bertz CT molecular complexity index is 720. The average molecular weight is 383 g/mol. The zero-order chi connectivity index (χ0) is 18.0. The Morgan fingerprint density at radius 1 is 1.12 bits per heavy atom. The van der Waals surface area contributed by atoms with E-state index < -0.39 is 10.0 Å². The van der Waals surface area contributed by atoms with Gasteiger partial charge >= 0.3 is 0 Å². The van der Waals surface area contributed by atoms with Gasteiger partial charge in [-0.05, 0) is 36.5 Å². The fourth-order valence-electron chi connectivity index (χ4n) is 3.69. The summed E-state index contributed by atoms with van der Waals surface area (Å²) in [6, 6.07) is 6.53. The lowest BCUT2D eigenvalue weighted by atomic mass is 9.94. The minimum absolute atomic E-state index is 0.0715. The molecule has 2 heterocycles. The van der Waals surface area contributed by atoms with Gasteiger partial charge < -0.3 is 4.90 Å². The van der Waals surface area contributed by atoms with E-state index in [0.29, 0.717) is 30.5 Å². The van der Waals surface area contributed by atoms with Crippen LogP contribution < -0.4 is 0 Å². The summed E-state index contributed by atoms with van der Waals surface area (Å²) in [7, 11) is -3.56. The molecule has 0 N–H and O–H groups in total. The second kappa shape index (κ2) is 7.68. The average Bonchev–Trinajstić information content (AvgIpc) is 2.61. The maximum absolute atomic E-state index is 13.0. The summed E-state index contributed by atoms with van der Waals surface area (Å²) < 4.78 is 27.6. The summed E-state index contributed by atoms with van der Waals surface area (Å²) in [5.74, 6) is 2.52. The van der Waals surface area contributed by atoms with Crippen LogP contribution in [0.1, 0.15) is 30.6 Å². The number of hydrogen-bond donors (Lipinski definition) is 0. The number of carbonyl (C=O) groups excluding carboxylic acids is 1. The molecule has 2 saturated heterocycles. The van der Waals surface area contributed by atoms with Crippen molar-refractivity contribution in [3.05, 3.63) is 29.8 Å². The summed E-state index contributed by atoms with van der Waals surface area (Å²) in [5, 5.41) is 0. The Hall–Kier alpha value is -1.05. The molecule has 0 aliphatic carbocycles. The molecule has 25 heavy (non-hydrogen) atoms. The van der Waals surface area contributed by atoms with Gasteiger partial charge in [0.05, 0.1) is 4.90 Å². The maximum atomic E-state index is 13.0.